The first kappa shape index (κ1) is 37.2. The van der Waals surface area contributed by atoms with Crippen molar-refractivity contribution in [3.63, 3.8) is 0 Å². The van der Waals surface area contributed by atoms with Crippen molar-refractivity contribution >= 4 is 27.7 Å². The number of aromatic nitrogens is 1. The standard InChI is InChI=1S/C35H41F4N5O5S/c1-20-18-43(34(46)49-35(2,3)4)19-26(44(20)50(47,48)27-10-11-27)9-12-28-29(39)16-41-17-30(28)42-33(45)32(40)31(21-5-7-23(36)8-6-21)22-13-24(37)15-25(38)14-22/h5-8,13-17,20,26-27,31-32H,9-12,18-19,40H2,1-4H3,(H,42,45)/t20-,26+,31+,32+/m1/s1. The van der Waals surface area contributed by atoms with E-state index in [1.165, 1.54) is 27.5 Å². The Morgan fingerprint density at radius 3 is 2.22 bits per heavy atom. The zero-order valence-electron chi connectivity index (χ0n) is 28.2. The predicted molar refractivity (Wildman–Crippen MR) is 179 cm³/mol. The summed E-state index contributed by atoms with van der Waals surface area (Å²) >= 11 is 0. The van der Waals surface area contributed by atoms with Crippen LogP contribution in [0.25, 0.3) is 0 Å². The van der Waals surface area contributed by atoms with Crippen molar-refractivity contribution in [2.45, 2.75) is 88.3 Å². The third kappa shape index (κ3) is 8.61. The molecular formula is C35H41F4N5O5S. The average molecular weight is 720 g/mol. The van der Waals surface area contributed by atoms with E-state index in [1.807, 2.05) is 0 Å². The van der Waals surface area contributed by atoms with Gasteiger partial charge in [0.2, 0.25) is 15.9 Å². The molecule has 2 heterocycles. The summed E-state index contributed by atoms with van der Waals surface area (Å²) < 4.78 is 91.8. The molecule has 2 aliphatic rings. The minimum absolute atomic E-state index is 0.00795. The Hall–Kier alpha value is -4.08. The van der Waals surface area contributed by atoms with Crippen LogP contribution in [0, 0.1) is 23.3 Å². The van der Waals surface area contributed by atoms with Gasteiger partial charge in [-0.15, -0.1) is 0 Å². The van der Waals surface area contributed by atoms with Crippen LogP contribution < -0.4 is 11.1 Å². The number of rotatable bonds is 10. The number of anilines is 1. The molecule has 15 heteroatoms. The molecule has 5 rings (SSSR count). The third-order valence-corrected chi connectivity index (χ3v) is 11.3. The highest BCUT2D eigenvalue weighted by molar-refractivity contribution is 7.90. The highest BCUT2D eigenvalue weighted by atomic mass is 32.2. The van der Waals surface area contributed by atoms with Gasteiger partial charge in [-0.25, -0.2) is 30.8 Å². The molecule has 0 radical (unpaired) electrons. The third-order valence-electron chi connectivity index (χ3n) is 8.73. The van der Waals surface area contributed by atoms with Gasteiger partial charge >= 0.3 is 6.09 Å². The maximum atomic E-state index is 15.4. The topological polar surface area (TPSA) is 135 Å². The molecule has 1 aromatic heterocycles. The molecule has 10 nitrogen and oxygen atoms in total. The fourth-order valence-corrected chi connectivity index (χ4v) is 8.63. The number of piperazine rings is 1. The van der Waals surface area contributed by atoms with Crippen LogP contribution in [0.15, 0.2) is 54.9 Å². The number of halogens is 4. The summed E-state index contributed by atoms with van der Waals surface area (Å²) in [5, 5.41) is 2.07. The molecule has 1 aliphatic heterocycles. The van der Waals surface area contributed by atoms with Crippen molar-refractivity contribution in [2.24, 2.45) is 5.73 Å². The number of nitrogens with two attached hydrogens (primary N) is 1. The molecule has 3 N–H and O–H groups in total. The number of nitrogens with zero attached hydrogens (tertiary/aromatic N) is 3. The second-order valence-corrected chi connectivity index (χ2v) is 16.0. The SMILES string of the molecule is C[C@@H]1CN(C(=O)OC(C)(C)C)C[C@H](CCc2c(F)cncc2NC(=O)[C@@H](N)[C@@H](c2ccc(F)cc2)c2cc(F)cc(F)c2)N1S(=O)(=O)C1CC1. The Labute approximate surface area is 289 Å². The molecule has 3 aromatic rings. The summed E-state index contributed by atoms with van der Waals surface area (Å²) in [4.78, 5) is 32.0. The fraction of sp³-hybridized carbons (Fsp3) is 0.457. The Morgan fingerprint density at radius 1 is 0.980 bits per heavy atom. The number of ether oxygens (including phenoxy) is 1. The summed E-state index contributed by atoms with van der Waals surface area (Å²) in [6.45, 7) is 7.02. The first-order valence-corrected chi connectivity index (χ1v) is 17.9. The van der Waals surface area contributed by atoms with Crippen molar-refractivity contribution in [2.75, 3.05) is 18.4 Å². The van der Waals surface area contributed by atoms with Crippen LogP contribution in [0.1, 0.15) is 69.6 Å². The van der Waals surface area contributed by atoms with Gasteiger partial charge < -0.3 is 20.7 Å². The quantitative estimate of drug-likeness (QED) is 0.266. The molecule has 1 aliphatic carbocycles. The van der Waals surface area contributed by atoms with E-state index in [9.17, 15) is 31.2 Å². The number of nitrogens with one attached hydrogen (secondary N) is 1. The molecule has 2 aromatic carbocycles. The van der Waals surface area contributed by atoms with Gasteiger partial charge in [-0.05, 0) is 88.8 Å². The zero-order valence-corrected chi connectivity index (χ0v) is 29.0. The maximum absolute atomic E-state index is 15.4. The van der Waals surface area contributed by atoms with Gasteiger partial charge in [0.1, 0.15) is 28.9 Å². The predicted octanol–water partition coefficient (Wildman–Crippen LogP) is 5.47. The number of carbonyl (C=O) groups excluding carboxylic acids is 2. The molecule has 270 valence electrons. The second-order valence-electron chi connectivity index (χ2n) is 13.9. The van der Waals surface area contributed by atoms with E-state index in [2.05, 4.69) is 10.3 Å². The Morgan fingerprint density at radius 2 is 1.62 bits per heavy atom. The van der Waals surface area contributed by atoms with Gasteiger partial charge in [-0.2, -0.15) is 4.31 Å². The summed E-state index contributed by atoms with van der Waals surface area (Å²) in [7, 11) is -3.71. The zero-order chi connectivity index (χ0) is 36.5. The molecule has 1 saturated heterocycles. The molecule has 0 unspecified atom stereocenters. The van der Waals surface area contributed by atoms with Crippen LogP contribution in [0.5, 0.6) is 0 Å². The second kappa shape index (κ2) is 14.6. The largest absolute Gasteiger partial charge is 0.444 e. The van der Waals surface area contributed by atoms with E-state index in [-0.39, 0.29) is 42.7 Å². The maximum Gasteiger partial charge on any atom is 0.410 e. The summed E-state index contributed by atoms with van der Waals surface area (Å²) in [5.74, 6) is -5.14. The summed E-state index contributed by atoms with van der Waals surface area (Å²) in [6.07, 6.45) is 2.65. The van der Waals surface area contributed by atoms with Crippen molar-refractivity contribution in [3.8, 4) is 0 Å². The lowest BCUT2D eigenvalue weighted by molar-refractivity contribution is -0.117. The Bertz CT molecular complexity index is 1820. The van der Waals surface area contributed by atoms with Gasteiger partial charge in [0.05, 0.1) is 29.4 Å². The average Bonchev–Trinajstić information content (AvgIpc) is 3.87. The van der Waals surface area contributed by atoms with Gasteiger partial charge in [-0.3, -0.25) is 9.78 Å². The molecule has 0 spiro atoms. The van der Waals surface area contributed by atoms with Crippen molar-refractivity contribution in [3.05, 3.63) is 94.8 Å². The molecule has 2 amide bonds. The highest BCUT2D eigenvalue weighted by Gasteiger charge is 2.48. The van der Waals surface area contributed by atoms with Crippen LogP contribution in [-0.2, 0) is 26.0 Å². The van der Waals surface area contributed by atoms with Gasteiger partial charge in [0.15, 0.2) is 0 Å². The highest BCUT2D eigenvalue weighted by Crippen LogP contribution is 2.36. The van der Waals surface area contributed by atoms with E-state index in [4.69, 9.17) is 10.5 Å². The van der Waals surface area contributed by atoms with Crippen molar-refractivity contribution in [1.82, 2.24) is 14.2 Å². The molecule has 4 atom stereocenters. The van der Waals surface area contributed by atoms with Gasteiger partial charge in [-0.1, -0.05) is 12.1 Å². The molecule has 0 bridgehead atoms. The van der Waals surface area contributed by atoms with Crippen LogP contribution in [0.3, 0.4) is 0 Å². The van der Waals surface area contributed by atoms with E-state index in [0.717, 1.165) is 30.5 Å². The van der Waals surface area contributed by atoms with Gasteiger partial charge in [0.25, 0.3) is 0 Å². The van der Waals surface area contributed by atoms with E-state index in [1.54, 1.807) is 27.7 Å². The Balaban J connectivity index is 1.40. The molecule has 50 heavy (non-hydrogen) atoms. The van der Waals surface area contributed by atoms with E-state index < -0.39 is 80.2 Å². The minimum Gasteiger partial charge on any atom is -0.444 e. The first-order chi connectivity index (χ1) is 23.4. The molecule has 1 saturated carbocycles. The minimum atomic E-state index is -3.71. The van der Waals surface area contributed by atoms with Crippen LogP contribution in [0.2, 0.25) is 0 Å². The molecular weight excluding hydrogens is 678 g/mol. The number of carbonyl (C=O) groups is 2. The molecule has 2 fully saturated rings. The number of hydrogen-bond acceptors (Lipinski definition) is 7. The smallest absolute Gasteiger partial charge is 0.410 e. The van der Waals surface area contributed by atoms with Crippen molar-refractivity contribution in [1.29, 1.82) is 0 Å². The van der Waals surface area contributed by atoms with Crippen LogP contribution >= 0.6 is 0 Å². The number of benzene rings is 2. The Kier molecular flexibility index (Phi) is 10.9. The number of sulfonamides is 1. The lowest BCUT2D eigenvalue weighted by Crippen LogP contribution is -2.61. The first-order valence-electron chi connectivity index (χ1n) is 16.3. The number of pyridine rings is 1. The van der Waals surface area contributed by atoms with Gasteiger partial charge in [0, 0.05) is 42.7 Å². The summed E-state index contributed by atoms with van der Waals surface area (Å²) in [5.41, 5.74) is 5.92. The van der Waals surface area contributed by atoms with Crippen LogP contribution in [-0.4, -0.2) is 76.7 Å². The summed E-state index contributed by atoms with van der Waals surface area (Å²) in [6, 6.07) is 4.84. The van der Waals surface area contributed by atoms with E-state index >= 15 is 4.39 Å². The van der Waals surface area contributed by atoms with E-state index in [0.29, 0.717) is 24.5 Å². The number of amides is 2. The lowest BCUT2D eigenvalue weighted by atomic mass is 9.84. The normalized spacial score (nSPS) is 19.9. The fourth-order valence-electron chi connectivity index (χ4n) is 6.39. The van der Waals surface area contributed by atoms with Crippen LogP contribution in [0.4, 0.5) is 28.0 Å². The van der Waals surface area contributed by atoms with Crippen molar-refractivity contribution < 1.29 is 40.3 Å². The number of hydrogen-bond donors (Lipinski definition) is 2. The lowest BCUT2D eigenvalue weighted by Gasteiger charge is -2.45. The monoisotopic (exact) mass is 719 g/mol.